The Balaban J connectivity index is 1.45. The summed E-state index contributed by atoms with van der Waals surface area (Å²) >= 11 is 0. The first-order chi connectivity index (χ1) is 15.6. The molecule has 0 aliphatic rings. The molecule has 2 heterocycles. The summed E-state index contributed by atoms with van der Waals surface area (Å²) in [6.07, 6.45) is 3.61. The van der Waals surface area contributed by atoms with E-state index in [4.69, 9.17) is 0 Å². The van der Waals surface area contributed by atoms with Gasteiger partial charge in [-0.3, -0.25) is 13.9 Å². The van der Waals surface area contributed by atoms with Crippen LogP contribution in [0.5, 0.6) is 0 Å². The number of imidazole rings is 2. The third-order valence-corrected chi connectivity index (χ3v) is 5.69. The highest BCUT2D eigenvalue weighted by molar-refractivity contribution is 5.78. The van der Waals surface area contributed by atoms with Crippen LogP contribution in [-0.4, -0.2) is 25.0 Å². The van der Waals surface area contributed by atoms with Crippen molar-refractivity contribution >= 4 is 16.9 Å². The molecule has 1 atom stereocenters. The number of aromatic amines is 1. The highest BCUT2D eigenvalue weighted by Gasteiger charge is 2.18. The Labute approximate surface area is 187 Å². The summed E-state index contributed by atoms with van der Waals surface area (Å²) in [5.74, 6) is 0.630. The molecule has 2 aromatic heterocycles. The molecule has 1 unspecified atom stereocenters. The number of benzene rings is 2. The number of carbonyl (C=O) groups is 1. The molecular weight excluding hydrogens is 402 g/mol. The fourth-order valence-electron chi connectivity index (χ4n) is 4.05. The van der Waals surface area contributed by atoms with Crippen molar-refractivity contribution in [3.8, 4) is 11.3 Å². The van der Waals surface area contributed by atoms with Crippen LogP contribution < -0.4 is 11.0 Å². The number of rotatable bonds is 9. The van der Waals surface area contributed by atoms with Crippen LogP contribution in [0.25, 0.3) is 22.3 Å². The summed E-state index contributed by atoms with van der Waals surface area (Å²) in [6.45, 7) is 5.07. The highest BCUT2D eigenvalue weighted by Crippen LogP contribution is 2.20. The van der Waals surface area contributed by atoms with Crippen molar-refractivity contribution in [2.24, 2.45) is 0 Å². The van der Waals surface area contributed by atoms with Gasteiger partial charge in [0.2, 0.25) is 5.91 Å². The molecule has 1 amide bonds. The molecule has 2 aromatic carbocycles. The molecule has 4 rings (SSSR count). The molecule has 0 bridgehead atoms. The van der Waals surface area contributed by atoms with Crippen molar-refractivity contribution in [3.63, 3.8) is 0 Å². The van der Waals surface area contributed by atoms with Gasteiger partial charge in [0.1, 0.15) is 5.82 Å². The average Bonchev–Trinajstić information content (AvgIpc) is 3.41. The maximum absolute atomic E-state index is 12.9. The zero-order chi connectivity index (χ0) is 22.5. The molecule has 0 aliphatic carbocycles. The lowest BCUT2D eigenvalue weighted by Crippen LogP contribution is -2.31. The van der Waals surface area contributed by atoms with Crippen molar-refractivity contribution in [2.45, 2.75) is 52.2 Å². The van der Waals surface area contributed by atoms with Crippen molar-refractivity contribution in [2.75, 3.05) is 0 Å². The minimum Gasteiger partial charge on any atom is -0.346 e. The van der Waals surface area contributed by atoms with E-state index >= 15 is 0 Å². The van der Waals surface area contributed by atoms with E-state index in [9.17, 15) is 9.59 Å². The summed E-state index contributed by atoms with van der Waals surface area (Å²) in [6, 6.07) is 17.5. The van der Waals surface area contributed by atoms with E-state index in [1.807, 2.05) is 61.5 Å². The van der Waals surface area contributed by atoms with Gasteiger partial charge in [0.05, 0.1) is 29.0 Å². The molecule has 0 spiro atoms. The first-order valence-electron chi connectivity index (χ1n) is 11.2. The summed E-state index contributed by atoms with van der Waals surface area (Å²) in [4.78, 5) is 33.5. The molecule has 0 radical (unpaired) electrons. The topological polar surface area (TPSA) is 84.7 Å². The third kappa shape index (κ3) is 4.37. The molecule has 166 valence electrons. The van der Waals surface area contributed by atoms with E-state index in [1.54, 1.807) is 15.3 Å². The first-order valence-corrected chi connectivity index (χ1v) is 11.2. The van der Waals surface area contributed by atoms with Crippen LogP contribution in [0, 0.1) is 0 Å². The number of hydrogen-bond donors (Lipinski definition) is 2. The normalized spacial score (nSPS) is 12.2. The van der Waals surface area contributed by atoms with Crippen LogP contribution in [0.2, 0.25) is 0 Å². The molecule has 4 aromatic rings. The van der Waals surface area contributed by atoms with Crippen LogP contribution in [0.4, 0.5) is 0 Å². The van der Waals surface area contributed by atoms with E-state index in [0.717, 1.165) is 34.5 Å². The molecule has 0 aliphatic heterocycles. The standard InChI is InChI=1S/C25H29N5O2/c1-3-15-29-21-12-8-9-13-22(21)30(25(29)32)16-14-23(31)27-19(4-2)24-26-17-20(28-24)18-10-6-5-7-11-18/h5-13,17,19H,3-4,14-16H2,1-2H3,(H,26,28)(H,27,31). The predicted molar refractivity (Wildman–Crippen MR) is 126 cm³/mol. The van der Waals surface area contributed by atoms with Gasteiger partial charge in [0.15, 0.2) is 0 Å². The average molecular weight is 432 g/mol. The van der Waals surface area contributed by atoms with Crippen LogP contribution in [-0.2, 0) is 17.9 Å². The Kier molecular flexibility index (Phi) is 6.54. The minimum absolute atomic E-state index is 0.0635. The largest absolute Gasteiger partial charge is 0.346 e. The molecular formula is C25H29N5O2. The fourth-order valence-corrected chi connectivity index (χ4v) is 4.05. The molecule has 0 saturated carbocycles. The van der Waals surface area contributed by atoms with Crippen LogP contribution in [0.15, 0.2) is 65.6 Å². The van der Waals surface area contributed by atoms with Crippen LogP contribution in [0.3, 0.4) is 0 Å². The number of para-hydroxylation sites is 2. The lowest BCUT2D eigenvalue weighted by atomic mass is 10.2. The smallest absolute Gasteiger partial charge is 0.329 e. The molecule has 0 fully saturated rings. The zero-order valence-electron chi connectivity index (χ0n) is 18.5. The molecule has 7 nitrogen and oxygen atoms in total. The summed E-state index contributed by atoms with van der Waals surface area (Å²) in [7, 11) is 0. The van der Waals surface area contributed by atoms with Gasteiger partial charge in [0.25, 0.3) is 0 Å². The lowest BCUT2D eigenvalue weighted by Gasteiger charge is -2.15. The molecule has 0 saturated heterocycles. The second-order valence-electron chi connectivity index (χ2n) is 7.90. The van der Waals surface area contributed by atoms with Gasteiger partial charge in [-0.25, -0.2) is 9.78 Å². The maximum Gasteiger partial charge on any atom is 0.329 e. The Morgan fingerprint density at radius 2 is 1.66 bits per heavy atom. The maximum atomic E-state index is 12.9. The number of hydrogen-bond acceptors (Lipinski definition) is 3. The zero-order valence-corrected chi connectivity index (χ0v) is 18.5. The molecule has 7 heteroatoms. The number of aryl methyl sites for hydroxylation is 2. The Morgan fingerprint density at radius 3 is 2.31 bits per heavy atom. The Bertz CT molecular complexity index is 1250. The highest BCUT2D eigenvalue weighted by atomic mass is 16.2. The number of nitrogens with zero attached hydrogens (tertiary/aromatic N) is 3. The lowest BCUT2D eigenvalue weighted by molar-refractivity contribution is -0.122. The van der Waals surface area contributed by atoms with Crippen LogP contribution in [0.1, 0.15) is 45.0 Å². The van der Waals surface area contributed by atoms with Crippen molar-refractivity contribution in [1.29, 1.82) is 0 Å². The van der Waals surface area contributed by atoms with Crippen molar-refractivity contribution in [1.82, 2.24) is 24.4 Å². The summed E-state index contributed by atoms with van der Waals surface area (Å²) in [5.41, 5.74) is 3.69. The van der Waals surface area contributed by atoms with Gasteiger partial charge >= 0.3 is 5.69 Å². The predicted octanol–water partition coefficient (Wildman–Crippen LogP) is 4.26. The Morgan fingerprint density at radius 1 is 1.00 bits per heavy atom. The number of nitrogens with one attached hydrogen (secondary N) is 2. The van der Waals surface area contributed by atoms with Gasteiger partial charge in [-0.2, -0.15) is 0 Å². The number of H-pyrrole nitrogens is 1. The van der Waals surface area contributed by atoms with E-state index in [1.165, 1.54) is 0 Å². The summed E-state index contributed by atoms with van der Waals surface area (Å²) in [5, 5.41) is 3.06. The number of carbonyl (C=O) groups excluding carboxylic acids is 1. The minimum atomic E-state index is -0.210. The second kappa shape index (κ2) is 9.68. The van der Waals surface area contributed by atoms with Gasteiger partial charge in [-0.05, 0) is 30.5 Å². The van der Waals surface area contributed by atoms with Gasteiger partial charge in [-0.15, -0.1) is 0 Å². The number of aromatic nitrogens is 4. The second-order valence-corrected chi connectivity index (χ2v) is 7.90. The third-order valence-electron chi connectivity index (χ3n) is 5.69. The van der Waals surface area contributed by atoms with E-state index < -0.39 is 0 Å². The quantitative estimate of drug-likeness (QED) is 0.415. The van der Waals surface area contributed by atoms with E-state index in [0.29, 0.717) is 19.5 Å². The van der Waals surface area contributed by atoms with E-state index in [-0.39, 0.29) is 24.1 Å². The van der Waals surface area contributed by atoms with Gasteiger partial charge < -0.3 is 10.3 Å². The molecule has 2 N–H and O–H groups in total. The number of amides is 1. The summed E-state index contributed by atoms with van der Waals surface area (Å²) < 4.78 is 3.49. The van der Waals surface area contributed by atoms with Gasteiger partial charge in [-0.1, -0.05) is 56.3 Å². The van der Waals surface area contributed by atoms with Crippen LogP contribution >= 0.6 is 0 Å². The SMILES string of the molecule is CCCn1c(=O)n(CCC(=O)NC(CC)c2ncc(-c3ccccc3)[nH]2)c2ccccc21. The monoisotopic (exact) mass is 431 g/mol. The van der Waals surface area contributed by atoms with Crippen molar-refractivity contribution in [3.05, 3.63) is 77.1 Å². The van der Waals surface area contributed by atoms with Gasteiger partial charge in [0, 0.05) is 19.5 Å². The fraction of sp³-hybridized carbons (Fsp3) is 0.320. The van der Waals surface area contributed by atoms with Crippen molar-refractivity contribution < 1.29 is 4.79 Å². The van der Waals surface area contributed by atoms with E-state index in [2.05, 4.69) is 22.2 Å². The molecule has 32 heavy (non-hydrogen) atoms. The first kappa shape index (κ1) is 21.6. The number of fused-ring (bicyclic) bond motifs is 1. The Hall–Kier alpha value is -3.61.